The second kappa shape index (κ2) is 12.9. The highest BCUT2D eigenvalue weighted by Crippen LogP contribution is 1.98. The molecule has 0 aliphatic heterocycles. The maximum Gasteiger partial charge on any atom is 0.308 e. The van der Waals surface area contributed by atoms with E-state index in [4.69, 9.17) is 18.9 Å². The molecule has 0 heterocycles. The van der Waals surface area contributed by atoms with Crippen LogP contribution in [0.5, 0.6) is 0 Å². The highest BCUT2D eigenvalue weighted by molar-refractivity contribution is 5.69. The van der Waals surface area contributed by atoms with Crippen molar-refractivity contribution in [3.8, 4) is 0 Å². The van der Waals surface area contributed by atoms with Crippen molar-refractivity contribution >= 4 is 11.9 Å². The topological polar surface area (TPSA) is 71.1 Å². The molecule has 0 aromatic carbocycles. The van der Waals surface area contributed by atoms with E-state index in [2.05, 4.69) is 0 Å². The molecule has 0 aliphatic rings. The van der Waals surface area contributed by atoms with Gasteiger partial charge in [-0.2, -0.15) is 0 Å². The molecule has 0 saturated heterocycles. The summed E-state index contributed by atoms with van der Waals surface area (Å²) in [7, 11) is 0. The average Bonchev–Trinajstić information content (AvgIpc) is 2.41. The molecule has 0 bridgehead atoms. The first-order chi connectivity index (χ1) is 9.60. The van der Waals surface area contributed by atoms with Crippen LogP contribution in [0.25, 0.3) is 0 Å². The number of carbonyl (C=O) groups excluding carboxylic acids is 2. The van der Waals surface area contributed by atoms with Crippen LogP contribution in [0.4, 0.5) is 0 Å². The third-order valence-corrected chi connectivity index (χ3v) is 2.49. The van der Waals surface area contributed by atoms with E-state index in [9.17, 15) is 9.59 Å². The maximum atomic E-state index is 11.3. The fraction of sp³-hybridized carbons (Fsp3) is 0.857. The lowest BCUT2D eigenvalue weighted by molar-refractivity contribution is -0.150. The third kappa shape index (κ3) is 11.9. The van der Waals surface area contributed by atoms with Crippen molar-refractivity contribution in [2.75, 3.05) is 33.0 Å². The minimum absolute atomic E-state index is 0.0475. The van der Waals surface area contributed by atoms with Crippen LogP contribution in [0, 0.1) is 0 Å². The first kappa shape index (κ1) is 18.9. The summed E-state index contributed by atoms with van der Waals surface area (Å²) in [5.74, 6) is -0.510. The van der Waals surface area contributed by atoms with Gasteiger partial charge >= 0.3 is 11.9 Å². The van der Waals surface area contributed by atoms with Crippen LogP contribution < -0.4 is 0 Å². The molecule has 0 spiro atoms. The quantitative estimate of drug-likeness (QED) is 0.402. The SMILES string of the molecule is CCOC(=O)CCOCCOCCC(=O)OC(C)CC. The van der Waals surface area contributed by atoms with E-state index in [0.29, 0.717) is 33.0 Å². The number of hydrogen-bond donors (Lipinski definition) is 0. The molecule has 0 rings (SSSR count). The van der Waals surface area contributed by atoms with E-state index < -0.39 is 0 Å². The summed E-state index contributed by atoms with van der Waals surface area (Å²) in [4.78, 5) is 22.3. The zero-order chi connectivity index (χ0) is 15.2. The van der Waals surface area contributed by atoms with Gasteiger partial charge in [-0.3, -0.25) is 9.59 Å². The Kier molecular flexibility index (Phi) is 12.1. The second-order valence-electron chi connectivity index (χ2n) is 4.24. The first-order valence-corrected chi connectivity index (χ1v) is 7.10. The Morgan fingerprint density at radius 2 is 1.45 bits per heavy atom. The summed E-state index contributed by atoms with van der Waals surface area (Å²) in [5.41, 5.74) is 0. The standard InChI is InChI=1S/C14H26O6/c1-4-12(3)20-14(16)7-9-18-11-10-17-8-6-13(15)19-5-2/h12H,4-11H2,1-3H3. The van der Waals surface area contributed by atoms with Crippen LogP contribution in [0.2, 0.25) is 0 Å². The molecular weight excluding hydrogens is 264 g/mol. The van der Waals surface area contributed by atoms with Gasteiger partial charge in [0.25, 0.3) is 0 Å². The zero-order valence-corrected chi connectivity index (χ0v) is 12.7. The van der Waals surface area contributed by atoms with E-state index in [0.717, 1.165) is 6.42 Å². The Balaban J connectivity index is 3.28. The van der Waals surface area contributed by atoms with Crippen molar-refractivity contribution in [3.05, 3.63) is 0 Å². The minimum Gasteiger partial charge on any atom is -0.466 e. The molecule has 0 aromatic rings. The fourth-order valence-electron chi connectivity index (χ4n) is 1.23. The van der Waals surface area contributed by atoms with Crippen molar-refractivity contribution in [1.82, 2.24) is 0 Å². The molecule has 0 saturated carbocycles. The molecule has 0 aliphatic carbocycles. The van der Waals surface area contributed by atoms with Gasteiger partial charge in [-0.1, -0.05) is 6.92 Å². The highest BCUT2D eigenvalue weighted by Gasteiger charge is 2.07. The monoisotopic (exact) mass is 290 g/mol. The van der Waals surface area contributed by atoms with Crippen molar-refractivity contribution in [2.24, 2.45) is 0 Å². The Bertz CT molecular complexity index is 266. The molecule has 0 fully saturated rings. The van der Waals surface area contributed by atoms with E-state index >= 15 is 0 Å². The van der Waals surface area contributed by atoms with Crippen molar-refractivity contribution in [3.63, 3.8) is 0 Å². The molecule has 0 amide bonds. The first-order valence-electron chi connectivity index (χ1n) is 7.10. The lowest BCUT2D eigenvalue weighted by Gasteiger charge is -2.10. The normalized spacial score (nSPS) is 11.9. The molecular formula is C14H26O6. The molecule has 0 radical (unpaired) electrons. The number of ether oxygens (including phenoxy) is 4. The van der Waals surface area contributed by atoms with Gasteiger partial charge < -0.3 is 18.9 Å². The Labute approximate surface area is 120 Å². The zero-order valence-electron chi connectivity index (χ0n) is 12.7. The van der Waals surface area contributed by atoms with Crippen molar-refractivity contribution < 1.29 is 28.5 Å². The lowest BCUT2D eigenvalue weighted by Crippen LogP contribution is -2.16. The summed E-state index contributed by atoms with van der Waals surface area (Å²) >= 11 is 0. The van der Waals surface area contributed by atoms with Gasteiger partial charge in [-0.25, -0.2) is 0 Å². The summed E-state index contributed by atoms with van der Waals surface area (Å²) in [6, 6.07) is 0. The van der Waals surface area contributed by atoms with Gasteiger partial charge in [-0.05, 0) is 20.3 Å². The van der Waals surface area contributed by atoms with Gasteiger partial charge in [0, 0.05) is 0 Å². The van der Waals surface area contributed by atoms with Crippen molar-refractivity contribution in [2.45, 2.75) is 46.1 Å². The van der Waals surface area contributed by atoms with E-state index in [1.165, 1.54) is 0 Å². The molecule has 0 aromatic heterocycles. The number of carbonyl (C=O) groups is 2. The molecule has 6 heteroatoms. The Morgan fingerprint density at radius 1 is 0.900 bits per heavy atom. The van der Waals surface area contributed by atoms with Crippen LogP contribution in [-0.2, 0) is 28.5 Å². The van der Waals surface area contributed by atoms with Crippen LogP contribution in [-0.4, -0.2) is 51.1 Å². The fourth-order valence-corrected chi connectivity index (χ4v) is 1.23. The Morgan fingerprint density at radius 3 is 1.95 bits per heavy atom. The molecule has 6 nitrogen and oxygen atoms in total. The summed E-state index contributed by atoms with van der Waals surface area (Å²) < 4.78 is 20.3. The van der Waals surface area contributed by atoms with Gasteiger partial charge in [0.2, 0.25) is 0 Å². The predicted molar refractivity (Wildman–Crippen MR) is 73.4 cm³/mol. The van der Waals surface area contributed by atoms with Gasteiger partial charge in [0.05, 0.1) is 52.0 Å². The summed E-state index contributed by atoms with van der Waals surface area (Å²) in [5, 5.41) is 0. The van der Waals surface area contributed by atoms with Gasteiger partial charge in [0.1, 0.15) is 0 Å². The number of esters is 2. The largest absolute Gasteiger partial charge is 0.466 e. The predicted octanol–water partition coefficient (Wildman–Crippen LogP) is 1.70. The van der Waals surface area contributed by atoms with Gasteiger partial charge in [-0.15, -0.1) is 0 Å². The number of rotatable bonds is 12. The van der Waals surface area contributed by atoms with Crippen molar-refractivity contribution in [1.29, 1.82) is 0 Å². The van der Waals surface area contributed by atoms with Gasteiger partial charge in [0.15, 0.2) is 0 Å². The van der Waals surface area contributed by atoms with E-state index in [-0.39, 0.29) is 30.9 Å². The molecule has 0 N–H and O–H groups in total. The minimum atomic E-state index is -0.263. The summed E-state index contributed by atoms with van der Waals surface area (Å²) in [6.45, 7) is 7.37. The average molecular weight is 290 g/mol. The smallest absolute Gasteiger partial charge is 0.308 e. The summed E-state index contributed by atoms with van der Waals surface area (Å²) in [6.07, 6.45) is 1.25. The van der Waals surface area contributed by atoms with Crippen LogP contribution in [0.1, 0.15) is 40.0 Å². The van der Waals surface area contributed by atoms with E-state index in [1.54, 1.807) is 6.92 Å². The van der Waals surface area contributed by atoms with Crippen LogP contribution >= 0.6 is 0 Å². The lowest BCUT2D eigenvalue weighted by atomic mass is 10.3. The molecule has 20 heavy (non-hydrogen) atoms. The highest BCUT2D eigenvalue weighted by atomic mass is 16.6. The molecule has 1 unspecified atom stereocenters. The second-order valence-corrected chi connectivity index (χ2v) is 4.24. The Hall–Kier alpha value is -1.14. The molecule has 1 atom stereocenters. The van der Waals surface area contributed by atoms with E-state index in [1.807, 2.05) is 13.8 Å². The molecule has 118 valence electrons. The third-order valence-electron chi connectivity index (χ3n) is 2.49. The van der Waals surface area contributed by atoms with Crippen LogP contribution in [0.15, 0.2) is 0 Å². The van der Waals surface area contributed by atoms with Crippen LogP contribution in [0.3, 0.4) is 0 Å². The number of hydrogen-bond acceptors (Lipinski definition) is 6. The maximum absolute atomic E-state index is 11.3.